The van der Waals surface area contributed by atoms with E-state index >= 15 is 0 Å². The lowest BCUT2D eigenvalue weighted by atomic mass is 10.2. The molecule has 2 rings (SSSR count). The summed E-state index contributed by atoms with van der Waals surface area (Å²) in [6, 6.07) is 0. The van der Waals surface area contributed by atoms with Crippen molar-refractivity contribution in [3.05, 3.63) is 0 Å². The van der Waals surface area contributed by atoms with Gasteiger partial charge in [-0.15, -0.1) is 0 Å². The summed E-state index contributed by atoms with van der Waals surface area (Å²) < 4.78 is 5.29. The van der Waals surface area contributed by atoms with E-state index in [1.807, 2.05) is 5.01 Å². The van der Waals surface area contributed by atoms with Gasteiger partial charge in [0.15, 0.2) is 0 Å². The molecule has 118 valence electrons. The molecule has 0 aromatic heterocycles. The number of ether oxygens (including phenoxy) is 1. The van der Waals surface area contributed by atoms with Crippen LogP contribution in [-0.4, -0.2) is 55.7 Å². The first kappa shape index (κ1) is 16.0. The lowest BCUT2D eigenvalue weighted by Gasteiger charge is -2.33. The minimum Gasteiger partial charge on any atom is -0.476 e. The number of rotatable bonds is 2. The number of carboxylic acids is 1. The highest BCUT2D eigenvalue weighted by Gasteiger charge is 2.35. The summed E-state index contributed by atoms with van der Waals surface area (Å²) in [5, 5.41) is 16.3. The third kappa shape index (κ3) is 3.82. The Morgan fingerprint density at radius 1 is 1.29 bits per heavy atom. The quantitative estimate of drug-likeness (QED) is 0.620. The Bertz CT molecular complexity index is 504. The average molecular weight is 315 g/mol. The predicted molar refractivity (Wildman–Crippen MR) is 82.2 cm³/mol. The Balaban J connectivity index is 2.24. The monoisotopic (exact) mass is 315 g/mol. The van der Waals surface area contributed by atoms with E-state index in [4.69, 9.17) is 4.74 Å². The minimum atomic E-state index is -1.27. The molecule has 21 heavy (non-hydrogen) atoms. The van der Waals surface area contributed by atoms with Gasteiger partial charge >= 0.3 is 11.3 Å². The van der Waals surface area contributed by atoms with E-state index in [0.29, 0.717) is 0 Å². The van der Waals surface area contributed by atoms with Crippen LogP contribution in [0.5, 0.6) is 0 Å². The van der Waals surface area contributed by atoms with Gasteiger partial charge in [-0.2, -0.15) is 15.2 Å². The molecule has 1 N–H and O–H groups in total. The molecular weight excluding hydrogens is 294 g/mol. The number of hydrogen-bond donors (Lipinski definition) is 1. The van der Waals surface area contributed by atoms with E-state index in [9.17, 15) is 14.7 Å². The number of aliphatic carboxylic acids is 1. The predicted octanol–water partition coefficient (Wildman–Crippen LogP) is 2.06. The number of hydrazine groups is 1. The number of hydrazone groups is 1. The van der Waals surface area contributed by atoms with Crippen LogP contribution in [0.4, 0.5) is 4.79 Å². The molecule has 2 heterocycles. The van der Waals surface area contributed by atoms with E-state index < -0.39 is 27.4 Å². The number of nitrogens with zero attached hydrogens (tertiary/aromatic N) is 3. The smallest absolute Gasteiger partial charge is 0.369 e. The van der Waals surface area contributed by atoms with Gasteiger partial charge in [0.25, 0.3) is 0 Å². The molecule has 1 atom stereocenters. The summed E-state index contributed by atoms with van der Waals surface area (Å²) in [7, 11) is -1.27. The van der Waals surface area contributed by atoms with Crippen molar-refractivity contribution in [1.29, 1.82) is 0 Å². The van der Waals surface area contributed by atoms with E-state index in [1.165, 1.54) is 10.7 Å². The second-order valence-electron chi connectivity index (χ2n) is 5.94. The van der Waals surface area contributed by atoms with Gasteiger partial charge in [-0.05, 0) is 33.6 Å². The van der Waals surface area contributed by atoms with Crippen molar-refractivity contribution in [2.24, 2.45) is 5.10 Å². The maximum Gasteiger partial charge on any atom is 0.369 e. The highest BCUT2D eigenvalue weighted by molar-refractivity contribution is 8.39. The largest absolute Gasteiger partial charge is 0.476 e. The average Bonchev–Trinajstić information content (AvgIpc) is 2.82. The first-order valence-electron chi connectivity index (χ1n) is 6.95. The van der Waals surface area contributed by atoms with E-state index in [0.717, 1.165) is 32.4 Å². The molecule has 0 aliphatic carbocycles. The van der Waals surface area contributed by atoms with Gasteiger partial charge in [0, 0.05) is 23.6 Å². The molecule has 1 fully saturated rings. The Morgan fingerprint density at radius 2 is 1.90 bits per heavy atom. The standard InChI is InChI=1S/C13H21N3O4S/c1-13(2,3)20-12(19)21-9-14-16(10(21)11(17)18)15-7-5-4-6-8-15/h9H,4-8H2,1-3H3,(H,17,18). The molecule has 0 aromatic carbocycles. The normalized spacial score (nSPS) is 23.5. The van der Waals surface area contributed by atoms with Crippen molar-refractivity contribution < 1.29 is 19.4 Å². The second-order valence-corrected chi connectivity index (χ2v) is 7.54. The summed E-state index contributed by atoms with van der Waals surface area (Å²) in [6.45, 7) is 6.76. The SMILES string of the molecule is CC(C)(C)OC(=O)S1=C(C(=O)O)N(N2CCCCC2)N=C1. The number of carbonyl (C=O) groups is 2. The zero-order chi connectivity index (χ0) is 15.6. The van der Waals surface area contributed by atoms with Crippen LogP contribution in [0.3, 0.4) is 0 Å². The summed E-state index contributed by atoms with van der Waals surface area (Å²) >= 11 is 0. The molecule has 0 spiro atoms. The van der Waals surface area contributed by atoms with E-state index in [-0.39, 0.29) is 4.99 Å². The summed E-state index contributed by atoms with van der Waals surface area (Å²) in [5.74, 6) is -1.13. The molecular formula is C13H21N3O4S. The van der Waals surface area contributed by atoms with Gasteiger partial charge in [-0.3, -0.25) is 0 Å². The van der Waals surface area contributed by atoms with E-state index in [1.54, 1.807) is 20.8 Å². The Labute approximate surface area is 126 Å². The maximum absolute atomic E-state index is 12.2. The van der Waals surface area contributed by atoms with Crippen LogP contribution in [0, 0.1) is 0 Å². The molecule has 8 heteroatoms. The first-order chi connectivity index (χ1) is 9.79. The Morgan fingerprint density at radius 3 is 2.43 bits per heavy atom. The zero-order valence-corrected chi connectivity index (χ0v) is 13.4. The fraction of sp³-hybridized carbons (Fsp3) is 0.692. The van der Waals surface area contributed by atoms with Crippen molar-refractivity contribution in [2.75, 3.05) is 13.1 Å². The van der Waals surface area contributed by atoms with Crippen LogP contribution in [0.25, 0.3) is 0 Å². The van der Waals surface area contributed by atoms with Crippen LogP contribution in [0.2, 0.25) is 0 Å². The number of hydrogen-bond acceptors (Lipinski definition) is 6. The van der Waals surface area contributed by atoms with Crippen LogP contribution in [0.1, 0.15) is 40.0 Å². The number of carboxylic acid groups (broad SMARTS) is 1. The highest BCUT2D eigenvalue weighted by atomic mass is 32.2. The zero-order valence-electron chi connectivity index (χ0n) is 12.5. The van der Waals surface area contributed by atoms with Gasteiger partial charge in [-0.1, -0.05) is 6.42 Å². The Hall–Kier alpha value is -1.41. The fourth-order valence-electron chi connectivity index (χ4n) is 2.15. The molecule has 0 amide bonds. The molecule has 7 nitrogen and oxygen atoms in total. The van der Waals surface area contributed by atoms with Crippen molar-refractivity contribution >= 4 is 32.3 Å². The summed E-state index contributed by atoms with van der Waals surface area (Å²) in [4.78, 5) is 23.7. The van der Waals surface area contributed by atoms with Gasteiger partial charge in [0.1, 0.15) is 5.60 Å². The van der Waals surface area contributed by atoms with Crippen LogP contribution in [-0.2, 0) is 9.53 Å². The van der Waals surface area contributed by atoms with Crippen molar-refractivity contribution in [3.63, 3.8) is 0 Å². The molecule has 2 aliphatic rings. The summed E-state index contributed by atoms with van der Waals surface area (Å²) in [5.41, 5.74) is 0.728. The molecule has 0 aromatic rings. The minimum absolute atomic E-state index is 0.0221. The van der Waals surface area contributed by atoms with Crippen LogP contribution >= 0.6 is 10.5 Å². The van der Waals surface area contributed by atoms with Gasteiger partial charge < -0.3 is 9.84 Å². The number of piperidine rings is 1. The molecule has 0 saturated carbocycles. The second kappa shape index (κ2) is 6.15. The lowest BCUT2D eigenvalue weighted by molar-refractivity contribution is -0.131. The summed E-state index contributed by atoms with van der Waals surface area (Å²) in [6.07, 6.45) is 3.13. The maximum atomic E-state index is 12.2. The van der Waals surface area contributed by atoms with Crippen molar-refractivity contribution in [3.8, 4) is 0 Å². The van der Waals surface area contributed by atoms with Gasteiger partial charge in [0.2, 0.25) is 4.99 Å². The number of carbonyl (C=O) groups excluding carboxylic acids is 1. The molecule has 2 aliphatic heterocycles. The lowest BCUT2D eigenvalue weighted by Crippen LogP contribution is -2.47. The van der Waals surface area contributed by atoms with E-state index in [2.05, 4.69) is 5.10 Å². The Kier molecular flexibility index (Phi) is 4.67. The molecule has 0 radical (unpaired) electrons. The first-order valence-corrected chi connectivity index (χ1v) is 8.24. The molecule has 1 saturated heterocycles. The third-order valence-corrected chi connectivity index (χ3v) is 4.51. The highest BCUT2D eigenvalue weighted by Crippen LogP contribution is 2.28. The topological polar surface area (TPSA) is 82.4 Å². The molecule has 1 unspecified atom stereocenters. The fourth-order valence-corrected chi connectivity index (χ4v) is 3.54. The van der Waals surface area contributed by atoms with Crippen LogP contribution < -0.4 is 0 Å². The van der Waals surface area contributed by atoms with Crippen molar-refractivity contribution in [1.82, 2.24) is 10.1 Å². The molecule has 0 bridgehead atoms. The van der Waals surface area contributed by atoms with Gasteiger partial charge in [-0.25, -0.2) is 9.59 Å². The van der Waals surface area contributed by atoms with Crippen LogP contribution in [0.15, 0.2) is 5.10 Å². The van der Waals surface area contributed by atoms with Gasteiger partial charge in [0.05, 0.1) is 5.55 Å². The van der Waals surface area contributed by atoms with Crippen molar-refractivity contribution in [2.45, 2.75) is 45.6 Å². The third-order valence-electron chi connectivity index (χ3n) is 3.00.